The number of aryl methyl sites for hydroxylation is 1. The SMILES string of the molecule is O=C1C[C@H](NC(=O)[C@@H]2CCc3nc4cc(-c5ccccc5)[nH]c4c(=O)n32)C(O)O1. The van der Waals surface area contributed by atoms with Gasteiger partial charge in [-0.15, -0.1) is 0 Å². The summed E-state index contributed by atoms with van der Waals surface area (Å²) in [4.78, 5) is 44.8. The number of aliphatic hydroxyl groups is 1. The van der Waals surface area contributed by atoms with E-state index in [1.54, 1.807) is 0 Å². The van der Waals surface area contributed by atoms with Gasteiger partial charge in [0.05, 0.1) is 11.9 Å². The number of fused-ring (bicyclic) bond motifs is 2. The van der Waals surface area contributed by atoms with Gasteiger partial charge in [0.2, 0.25) is 12.2 Å². The molecule has 1 aromatic carbocycles. The molecule has 0 aliphatic carbocycles. The van der Waals surface area contributed by atoms with E-state index < -0.39 is 30.3 Å². The third kappa shape index (κ3) is 2.90. The first kappa shape index (κ1) is 17.6. The maximum absolute atomic E-state index is 13.1. The van der Waals surface area contributed by atoms with Gasteiger partial charge < -0.3 is 20.1 Å². The molecule has 0 radical (unpaired) electrons. The monoisotopic (exact) mass is 394 g/mol. The zero-order valence-electron chi connectivity index (χ0n) is 15.3. The van der Waals surface area contributed by atoms with Gasteiger partial charge in [0.15, 0.2) is 0 Å². The van der Waals surface area contributed by atoms with E-state index in [2.05, 4.69) is 20.0 Å². The normalized spacial score (nSPS) is 23.2. The van der Waals surface area contributed by atoms with Gasteiger partial charge in [-0.2, -0.15) is 0 Å². The van der Waals surface area contributed by atoms with Crippen molar-refractivity contribution in [3.63, 3.8) is 0 Å². The van der Waals surface area contributed by atoms with E-state index in [4.69, 9.17) is 0 Å². The largest absolute Gasteiger partial charge is 0.434 e. The van der Waals surface area contributed by atoms with E-state index in [1.165, 1.54) is 4.57 Å². The number of benzene rings is 1. The van der Waals surface area contributed by atoms with Gasteiger partial charge in [-0.1, -0.05) is 30.3 Å². The number of H-pyrrole nitrogens is 1. The first-order valence-electron chi connectivity index (χ1n) is 9.39. The molecule has 148 valence electrons. The summed E-state index contributed by atoms with van der Waals surface area (Å²) in [5.41, 5.74) is 2.30. The van der Waals surface area contributed by atoms with Crippen LogP contribution in [0, 0.1) is 0 Å². The molecule has 1 unspecified atom stereocenters. The van der Waals surface area contributed by atoms with Crippen molar-refractivity contribution in [1.82, 2.24) is 19.9 Å². The molecule has 3 atom stereocenters. The summed E-state index contributed by atoms with van der Waals surface area (Å²) in [6, 6.07) is 9.86. The lowest BCUT2D eigenvalue weighted by Gasteiger charge is -2.18. The van der Waals surface area contributed by atoms with Crippen LogP contribution in [0.15, 0.2) is 41.2 Å². The number of nitrogens with one attached hydrogen (secondary N) is 2. The minimum Gasteiger partial charge on any atom is -0.434 e. The van der Waals surface area contributed by atoms with Crippen LogP contribution in [0.25, 0.3) is 22.3 Å². The fourth-order valence-corrected chi connectivity index (χ4v) is 3.99. The summed E-state index contributed by atoms with van der Waals surface area (Å²) in [5, 5.41) is 12.3. The molecule has 2 aliphatic heterocycles. The number of cyclic esters (lactones) is 1. The number of rotatable bonds is 3. The van der Waals surface area contributed by atoms with Crippen molar-refractivity contribution < 1.29 is 19.4 Å². The molecule has 1 fully saturated rings. The summed E-state index contributed by atoms with van der Waals surface area (Å²) in [6.45, 7) is 0. The van der Waals surface area contributed by atoms with Crippen molar-refractivity contribution in [2.75, 3.05) is 0 Å². The predicted molar refractivity (Wildman–Crippen MR) is 102 cm³/mol. The highest BCUT2D eigenvalue weighted by Crippen LogP contribution is 2.27. The van der Waals surface area contributed by atoms with Gasteiger partial charge in [-0.25, -0.2) is 4.98 Å². The minimum absolute atomic E-state index is 0.101. The molecular formula is C20H18N4O5. The summed E-state index contributed by atoms with van der Waals surface area (Å²) >= 11 is 0. The Labute approximate surface area is 164 Å². The van der Waals surface area contributed by atoms with Crippen LogP contribution >= 0.6 is 0 Å². The second kappa shape index (κ2) is 6.56. The van der Waals surface area contributed by atoms with Crippen LogP contribution in [0.1, 0.15) is 24.7 Å². The molecule has 2 aliphatic rings. The lowest BCUT2D eigenvalue weighted by molar-refractivity contribution is -0.155. The Morgan fingerprint density at radius 3 is 2.79 bits per heavy atom. The Morgan fingerprint density at radius 2 is 2.07 bits per heavy atom. The highest BCUT2D eigenvalue weighted by atomic mass is 16.6. The number of amides is 1. The third-order valence-corrected chi connectivity index (χ3v) is 5.41. The number of nitrogens with zero attached hydrogens (tertiary/aromatic N) is 2. The van der Waals surface area contributed by atoms with Crippen molar-refractivity contribution in [3.05, 3.63) is 52.6 Å². The average Bonchev–Trinajstić information content (AvgIpc) is 3.40. The second-order valence-electron chi connectivity index (χ2n) is 7.27. The number of esters is 1. The molecule has 9 nitrogen and oxygen atoms in total. The molecule has 1 saturated heterocycles. The van der Waals surface area contributed by atoms with E-state index in [0.717, 1.165) is 11.3 Å². The Hall–Kier alpha value is -3.46. The zero-order valence-corrected chi connectivity index (χ0v) is 15.3. The topological polar surface area (TPSA) is 126 Å². The average molecular weight is 394 g/mol. The predicted octanol–water partition coefficient (Wildman–Crippen LogP) is 0.629. The number of carbonyl (C=O) groups excluding carboxylic acids is 2. The highest BCUT2D eigenvalue weighted by molar-refractivity contribution is 5.85. The molecule has 2 aromatic heterocycles. The van der Waals surface area contributed by atoms with Crippen LogP contribution in [0.4, 0.5) is 0 Å². The number of ether oxygens (including phenoxy) is 1. The standard InChI is InChI=1S/C20H18N4O5/c25-16-9-13(20(28)29-16)23-18(26)14-6-7-15-21-12-8-11(10-4-2-1-3-5-10)22-17(12)19(27)24(14)15/h1-5,8,13-14,20,22,28H,6-7,9H2,(H,23,26)/t13-,14-,20?/m0/s1. The molecule has 5 rings (SSSR count). The van der Waals surface area contributed by atoms with Crippen molar-refractivity contribution in [2.45, 2.75) is 37.6 Å². The number of hydrogen-bond donors (Lipinski definition) is 3. The Kier molecular flexibility index (Phi) is 3.99. The maximum atomic E-state index is 13.1. The molecule has 0 saturated carbocycles. The molecule has 1 amide bonds. The lowest BCUT2D eigenvalue weighted by atomic mass is 10.1. The van der Waals surface area contributed by atoms with Crippen molar-refractivity contribution in [2.24, 2.45) is 0 Å². The highest BCUT2D eigenvalue weighted by Gasteiger charge is 2.38. The lowest BCUT2D eigenvalue weighted by Crippen LogP contribution is -2.44. The van der Waals surface area contributed by atoms with Crippen molar-refractivity contribution in [1.29, 1.82) is 0 Å². The molecule has 3 aromatic rings. The van der Waals surface area contributed by atoms with Crippen LogP contribution < -0.4 is 10.9 Å². The fourth-order valence-electron chi connectivity index (χ4n) is 3.99. The fraction of sp³-hybridized carbons (Fsp3) is 0.300. The van der Waals surface area contributed by atoms with Crippen LogP contribution in [0.3, 0.4) is 0 Å². The number of aromatic nitrogens is 3. The Balaban J connectivity index is 1.49. The number of carbonyl (C=O) groups is 2. The van der Waals surface area contributed by atoms with Crippen LogP contribution in [-0.2, 0) is 20.7 Å². The molecule has 0 spiro atoms. The molecular weight excluding hydrogens is 376 g/mol. The van der Waals surface area contributed by atoms with Crippen molar-refractivity contribution >= 4 is 22.9 Å². The van der Waals surface area contributed by atoms with Crippen LogP contribution in [0.2, 0.25) is 0 Å². The first-order valence-corrected chi connectivity index (χ1v) is 9.39. The molecule has 9 heteroatoms. The minimum atomic E-state index is -1.37. The van der Waals surface area contributed by atoms with Gasteiger partial charge in [0.1, 0.15) is 23.4 Å². The maximum Gasteiger partial charge on any atom is 0.310 e. The summed E-state index contributed by atoms with van der Waals surface area (Å²) < 4.78 is 6.04. The van der Waals surface area contributed by atoms with E-state index in [9.17, 15) is 19.5 Å². The van der Waals surface area contributed by atoms with Gasteiger partial charge in [0, 0.05) is 12.1 Å². The molecule has 29 heavy (non-hydrogen) atoms. The van der Waals surface area contributed by atoms with Crippen LogP contribution in [0.5, 0.6) is 0 Å². The summed E-state index contributed by atoms with van der Waals surface area (Å²) in [5.74, 6) is -0.472. The first-order chi connectivity index (χ1) is 14.0. The van der Waals surface area contributed by atoms with Gasteiger partial charge >= 0.3 is 5.97 Å². The van der Waals surface area contributed by atoms with Crippen molar-refractivity contribution in [3.8, 4) is 11.3 Å². The third-order valence-electron chi connectivity index (χ3n) is 5.41. The van der Waals surface area contributed by atoms with Gasteiger partial charge in [0.25, 0.3) is 5.56 Å². The number of aliphatic hydroxyl groups excluding tert-OH is 1. The molecule has 4 heterocycles. The Morgan fingerprint density at radius 1 is 1.28 bits per heavy atom. The second-order valence-corrected chi connectivity index (χ2v) is 7.27. The molecule has 0 bridgehead atoms. The Bertz CT molecular complexity index is 1180. The van der Waals surface area contributed by atoms with E-state index in [-0.39, 0.29) is 12.0 Å². The number of hydrogen-bond acceptors (Lipinski definition) is 6. The number of aromatic amines is 1. The summed E-state index contributed by atoms with van der Waals surface area (Å²) in [6.07, 6.45) is -0.571. The smallest absolute Gasteiger partial charge is 0.310 e. The van der Waals surface area contributed by atoms with E-state index in [1.807, 2.05) is 36.4 Å². The summed E-state index contributed by atoms with van der Waals surface area (Å²) in [7, 11) is 0. The van der Waals surface area contributed by atoms with E-state index in [0.29, 0.717) is 29.7 Å². The zero-order chi connectivity index (χ0) is 20.1. The van der Waals surface area contributed by atoms with Crippen LogP contribution in [-0.4, -0.2) is 43.8 Å². The molecule has 3 N–H and O–H groups in total. The van der Waals surface area contributed by atoms with Gasteiger partial charge in [-0.3, -0.25) is 19.0 Å². The van der Waals surface area contributed by atoms with Gasteiger partial charge in [-0.05, 0) is 18.1 Å². The quantitative estimate of drug-likeness (QED) is 0.560. The van der Waals surface area contributed by atoms with E-state index >= 15 is 0 Å².